The topological polar surface area (TPSA) is 106 Å². The second-order valence-electron chi connectivity index (χ2n) is 9.81. The largest absolute Gasteiger partial charge is 0.502 e. The predicted octanol–water partition coefficient (Wildman–Crippen LogP) is 4.50. The molecule has 1 aromatic carbocycles. The molecule has 6 rings (SSSR count). The first-order valence-electron chi connectivity index (χ1n) is 11.1. The first-order valence-corrected chi connectivity index (χ1v) is 11.1. The summed E-state index contributed by atoms with van der Waals surface area (Å²) in [5.74, 6) is 1.04. The summed E-state index contributed by atoms with van der Waals surface area (Å²) in [5, 5.41) is 20.0. The minimum absolute atomic E-state index is 0.0367. The quantitative estimate of drug-likeness (QED) is 0.705. The molecule has 2 aromatic rings. The van der Waals surface area contributed by atoms with Crippen LogP contribution in [0.2, 0.25) is 0 Å². The summed E-state index contributed by atoms with van der Waals surface area (Å²) in [6, 6.07) is 1.16. The summed E-state index contributed by atoms with van der Waals surface area (Å²) in [5.41, 5.74) is 0.859. The molecule has 4 aliphatic rings. The number of benzene rings is 1. The summed E-state index contributed by atoms with van der Waals surface area (Å²) in [6.07, 6.45) is 7.55. The Morgan fingerprint density at radius 2 is 1.62 bits per heavy atom. The molecule has 0 radical (unpaired) electrons. The SMILES string of the molecule is COc1c(C)c(OC)c(C23CC4CC(CC(C4)C2)C3)c(-c2cc(=O)c(O)co2)c1C(=O)O. The molecule has 4 bridgehead atoms. The van der Waals surface area contributed by atoms with Crippen LogP contribution < -0.4 is 14.9 Å². The van der Waals surface area contributed by atoms with E-state index in [2.05, 4.69) is 0 Å². The van der Waals surface area contributed by atoms with Gasteiger partial charge in [0, 0.05) is 28.2 Å². The lowest BCUT2D eigenvalue weighted by atomic mass is 9.47. The standard InChI is InChI=1S/C25H28O7/c1-12-22(30-2)20(24(28)29)19(18-7-16(26)17(27)11-32-18)21(23(12)31-3)25-8-13-4-14(9-25)6-15(5-13)10-25/h7,11,13-15,27H,4-6,8-10H2,1-3H3,(H,28,29). The van der Waals surface area contributed by atoms with E-state index in [1.807, 2.05) is 6.92 Å². The molecule has 4 saturated carbocycles. The fraction of sp³-hybridized carbons (Fsp3) is 0.520. The molecule has 7 heteroatoms. The van der Waals surface area contributed by atoms with Gasteiger partial charge in [-0.2, -0.15) is 0 Å². The Morgan fingerprint density at radius 3 is 2.09 bits per heavy atom. The predicted molar refractivity (Wildman–Crippen MR) is 117 cm³/mol. The molecule has 0 saturated heterocycles. The number of carbonyl (C=O) groups is 1. The van der Waals surface area contributed by atoms with E-state index in [0.717, 1.165) is 37.2 Å². The van der Waals surface area contributed by atoms with Gasteiger partial charge < -0.3 is 24.1 Å². The van der Waals surface area contributed by atoms with Gasteiger partial charge in [0.15, 0.2) is 5.75 Å². The van der Waals surface area contributed by atoms with Crippen LogP contribution in [0.15, 0.2) is 21.5 Å². The third-order valence-corrected chi connectivity index (χ3v) is 7.88. The van der Waals surface area contributed by atoms with Crippen LogP contribution in [0.25, 0.3) is 11.3 Å². The Bertz CT molecular complexity index is 1120. The Morgan fingerprint density at radius 1 is 1.06 bits per heavy atom. The van der Waals surface area contributed by atoms with Crippen LogP contribution in [0.1, 0.15) is 60.0 Å². The molecule has 7 nitrogen and oxygen atoms in total. The molecule has 0 spiro atoms. The van der Waals surface area contributed by atoms with Gasteiger partial charge in [-0.25, -0.2) is 4.79 Å². The first-order chi connectivity index (χ1) is 15.3. The number of aromatic hydroxyl groups is 1. The van der Waals surface area contributed by atoms with Gasteiger partial charge in [0.1, 0.15) is 29.1 Å². The van der Waals surface area contributed by atoms with Gasteiger partial charge in [0.05, 0.1) is 14.2 Å². The number of ether oxygens (including phenoxy) is 2. The second kappa shape index (κ2) is 7.29. The summed E-state index contributed by atoms with van der Waals surface area (Å²) in [6.45, 7) is 1.81. The zero-order valence-corrected chi connectivity index (χ0v) is 18.6. The molecule has 0 atom stereocenters. The Labute approximate surface area is 186 Å². The van der Waals surface area contributed by atoms with Gasteiger partial charge in [-0.1, -0.05) is 0 Å². The summed E-state index contributed by atoms with van der Waals surface area (Å²) in [4.78, 5) is 24.9. The van der Waals surface area contributed by atoms with Crippen molar-refractivity contribution in [1.29, 1.82) is 0 Å². The highest BCUT2D eigenvalue weighted by atomic mass is 16.5. The second-order valence-corrected chi connectivity index (χ2v) is 9.81. The van der Waals surface area contributed by atoms with Crippen LogP contribution in [-0.2, 0) is 5.41 Å². The monoisotopic (exact) mass is 440 g/mol. The molecule has 0 amide bonds. The number of rotatable bonds is 5. The zero-order chi connectivity index (χ0) is 22.8. The van der Waals surface area contributed by atoms with E-state index in [4.69, 9.17) is 13.9 Å². The van der Waals surface area contributed by atoms with Gasteiger partial charge >= 0.3 is 5.97 Å². The van der Waals surface area contributed by atoms with Gasteiger partial charge in [-0.3, -0.25) is 4.79 Å². The van der Waals surface area contributed by atoms with Gasteiger partial charge in [0.25, 0.3) is 0 Å². The molecule has 4 aliphatic carbocycles. The lowest BCUT2D eigenvalue weighted by Crippen LogP contribution is -2.49. The van der Waals surface area contributed by atoms with E-state index in [0.29, 0.717) is 34.6 Å². The van der Waals surface area contributed by atoms with E-state index in [1.165, 1.54) is 26.4 Å². The minimum Gasteiger partial charge on any atom is -0.502 e. The van der Waals surface area contributed by atoms with E-state index in [-0.39, 0.29) is 22.5 Å². The Kier molecular flexibility index (Phi) is 4.76. The van der Waals surface area contributed by atoms with Crippen molar-refractivity contribution in [3.8, 4) is 28.6 Å². The highest BCUT2D eigenvalue weighted by Gasteiger charge is 2.54. The Hall–Kier alpha value is -2.96. The van der Waals surface area contributed by atoms with Crippen molar-refractivity contribution >= 4 is 5.97 Å². The maximum absolute atomic E-state index is 12.6. The highest BCUT2D eigenvalue weighted by molar-refractivity contribution is 6.01. The lowest BCUT2D eigenvalue weighted by molar-refractivity contribution is -0.00602. The molecular weight excluding hydrogens is 412 g/mol. The fourth-order valence-corrected chi connectivity index (χ4v) is 7.25. The van der Waals surface area contributed by atoms with Crippen molar-refractivity contribution in [2.24, 2.45) is 17.8 Å². The molecule has 2 N–H and O–H groups in total. The highest BCUT2D eigenvalue weighted by Crippen LogP contribution is 2.64. The fourth-order valence-electron chi connectivity index (χ4n) is 7.25. The molecule has 0 aliphatic heterocycles. The van der Waals surface area contributed by atoms with Gasteiger partial charge in [-0.05, 0) is 63.2 Å². The third kappa shape index (κ3) is 2.93. The molecule has 32 heavy (non-hydrogen) atoms. The van der Waals surface area contributed by atoms with E-state index in [1.54, 1.807) is 7.11 Å². The molecular formula is C25H28O7. The van der Waals surface area contributed by atoms with Crippen molar-refractivity contribution in [2.75, 3.05) is 14.2 Å². The number of carboxylic acids is 1. The summed E-state index contributed by atoms with van der Waals surface area (Å²) >= 11 is 0. The molecule has 1 aromatic heterocycles. The van der Waals surface area contributed by atoms with Gasteiger partial charge in [-0.15, -0.1) is 0 Å². The van der Waals surface area contributed by atoms with Crippen molar-refractivity contribution in [1.82, 2.24) is 0 Å². The summed E-state index contributed by atoms with van der Waals surface area (Å²) < 4.78 is 17.1. The van der Waals surface area contributed by atoms with Crippen LogP contribution in [0, 0.1) is 24.7 Å². The van der Waals surface area contributed by atoms with Crippen molar-refractivity contribution in [3.05, 3.63) is 39.2 Å². The molecule has 1 heterocycles. The third-order valence-electron chi connectivity index (χ3n) is 7.88. The molecule has 0 unspecified atom stereocenters. The average molecular weight is 440 g/mol. The van der Waals surface area contributed by atoms with Crippen LogP contribution in [0.3, 0.4) is 0 Å². The smallest absolute Gasteiger partial charge is 0.340 e. The maximum atomic E-state index is 12.6. The maximum Gasteiger partial charge on any atom is 0.340 e. The van der Waals surface area contributed by atoms with Crippen LogP contribution >= 0.6 is 0 Å². The summed E-state index contributed by atoms with van der Waals surface area (Å²) in [7, 11) is 3.01. The first kappa shape index (κ1) is 20.9. The number of hydrogen-bond donors (Lipinski definition) is 2. The number of aromatic carboxylic acids is 1. The minimum atomic E-state index is -1.16. The van der Waals surface area contributed by atoms with Gasteiger partial charge in [0.2, 0.25) is 5.43 Å². The number of carboxylic acid groups (broad SMARTS) is 1. The average Bonchev–Trinajstić information content (AvgIpc) is 2.73. The van der Waals surface area contributed by atoms with Crippen molar-refractivity contribution in [3.63, 3.8) is 0 Å². The lowest BCUT2D eigenvalue weighted by Gasteiger charge is -2.57. The number of methoxy groups -OCH3 is 2. The van der Waals surface area contributed by atoms with Crippen LogP contribution in [0.4, 0.5) is 0 Å². The van der Waals surface area contributed by atoms with E-state index < -0.39 is 17.1 Å². The van der Waals surface area contributed by atoms with Crippen molar-refractivity contribution < 1.29 is 28.9 Å². The zero-order valence-electron chi connectivity index (χ0n) is 18.6. The normalized spacial score (nSPS) is 28.0. The number of hydrogen-bond acceptors (Lipinski definition) is 6. The van der Waals surface area contributed by atoms with E-state index >= 15 is 0 Å². The molecule has 4 fully saturated rings. The van der Waals surface area contributed by atoms with Crippen LogP contribution in [0.5, 0.6) is 17.2 Å². The Balaban J connectivity index is 1.89. The van der Waals surface area contributed by atoms with Crippen molar-refractivity contribution in [2.45, 2.75) is 50.9 Å². The van der Waals surface area contributed by atoms with E-state index in [9.17, 15) is 19.8 Å². The molecule has 170 valence electrons. The van der Waals surface area contributed by atoms with Crippen LogP contribution in [-0.4, -0.2) is 30.4 Å².